The van der Waals surface area contributed by atoms with Crippen molar-refractivity contribution in [3.8, 4) is 0 Å². The Morgan fingerprint density at radius 3 is 2.33 bits per heavy atom. The monoisotopic (exact) mass is 213 g/mol. The van der Waals surface area contributed by atoms with Gasteiger partial charge in [0.2, 0.25) is 0 Å². The highest BCUT2D eigenvalue weighted by Crippen LogP contribution is 2.14. The molecule has 0 aromatic heterocycles. The minimum Gasteiger partial charge on any atom is -0.324 e. The molecule has 0 amide bonds. The molecule has 1 atom stereocenters. The van der Waals surface area contributed by atoms with E-state index in [4.69, 9.17) is 5.73 Å². The first-order chi connectivity index (χ1) is 6.79. The van der Waals surface area contributed by atoms with E-state index in [1.54, 1.807) is 0 Å². The molecule has 90 valence electrons. The maximum atomic E-state index is 6.07. The topological polar surface area (TPSA) is 32.5 Å². The molecule has 0 bridgehead atoms. The second-order valence-corrected chi connectivity index (χ2v) is 5.90. The summed E-state index contributed by atoms with van der Waals surface area (Å²) in [7, 11) is 0. The maximum Gasteiger partial charge on any atom is 0.0226 e. The van der Waals surface area contributed by atoms with Crippen molar-refractivity contribution >= 4 is 0 Å². The molecule has 3 nitrogen and oxygen atoms in total. The molecular formula is C12H27N3. The van der Waals surface area contributed by atoms with E-state index < -0.39 is 0 Å². The van der Waals surface area contributed by atoms with Crippen molar-refractivity contribution in [3.05, 3.63) is 0 Å². The summed E-state index contributed by atoms with van der Waals surface area (Å²) < 4.78 is 0. The molecule has 1 saturated heterocycles. The summed E-state index contributed by atoms with van der Waals surface area (Å²) in [6, 6.07) is 1.30. The third kappa shape index (κ3) is 4.09. The average Bonchev–Trinajstić information content (AvgIpc) is 2.05. The highest BCUT2D eigenvalue weighted by Gasteiger charge is 2.27. The number of nitrogens with two attached hydrogens (primary N) is 1. The van der Waals surface area contributed by atoms with Gasteiger partial charge in [0.1, 0.15) is 0 Å². The summed E-state index contributed by atoms with van der Waals surface area (Å²) in [4.78, 5) is 5.06. The van der Waals surface area contributed by atoms with Gasteiger partial charge in [-0.2, -0.15) is 0 Å². The van der Waals surface area contributed by atoms with Gasteiger partial charge >= 0.3 is 0 Å². The molecule has 0 aromatic carbocycles. The lowest BCUT2D eigenvalue weighted by molar-refractivity contribution is 0.0532. The first kappa shape index (κ1) is 12.9. The van der Waals surface area contributed by atoms with Crippen LogP contribution in [0.4, 0.5) is 0 Å². The molecule has 15 heavy (non-hydrogen) atoms. The second kappa shape index (κ2) is 4.81. The van der Waals surface area contributed by atoms with Crippen LogP contribution in [0.25, 0.3) is 0 Å². The molecule has 1 aliphatic rings. The minimum absolute atomic E-state index is 0.0751. The van der Waals surface area contributed by atoms with E-state index in [0.717, 1.165) is 13.1 Å². The van der Waals surface area contributed by atoms with Gasteiger partial charge < -0.3 is 5.73 Å². The van der Waals surface area contributed by atoms with Crippen LogP contribution in [0.3, 0.4) is 0 Å². The zero-order chi connectivity index (χ0) is 11.6. The predicted octanol–water partition coefficient (Wildman–Crippen LogP) is 1.14. The predicted molar refractivity (Wildman–Crippen MR) is 66.0 cm³/mol. The van der Waals surface area contributed by atoms with Gasteiger partial charge in [0.25, 0.3) is 0 Å². The van der Waals surface area contributed by atoms with E-state index in [1.165, 1.54) is 13.1 Å². The zero-order valence-electron chi connectivity index (χ0n) is 11.0. The molecule has 1 aliphatic heterocycles. The number of rotatable bonds is 3. The molecule has 1 unspecified atom stereocenters. The number of piperazine rings is 1. The summed E-state index contributed by atoms with van der Waals surface area (Å²) in [5.41, 5.74) is 5.99. The normalized spacial score (nSPS) is 26.2. The summed E-state index contributed by atoms with van der Waals surface area (Å²) in [6.45, 7) is 15.6. The molecule has 0 aromatic rings. The SMILES string of the molecule is CC(C)N1CCN(CC(C)(C)N)C(C)C1. The van der Waals surface area contributed by atoms with E-state index >= 15 is 0 Å². The lowest BCUT2D eigenvalue weighted by Gasteiger charge is -2.43. The Balaban J connectivity index is 2.46. The van der Waals surface area contributed by atoms with Gasteiger partial charge in [0, 0.05) is 43.8 Å². The first-order valence-electron chi connectivity index (χ1n) is 6.06. The van der Waals surface area contributed by atoms with Crippen LogP contribution in [0.1, 0.15) is 34.6 Å². The van der Waals surface area contributed by atoms with E-state index in [2.05, 4.69) is 44.4 Å². The molecule has 0 radical (unpaired) electrons. The summed E-state index contributed by atoms with van der Waals surface area (Å²) in [6.07, 6.45) is 0. The van der Waals surface area contributed by atoms with E-state index in [1.807, 2.05) is 0 Å². The van der Waals surface area contributed by atoms with Gasteiger partial charge in [-0.05, 0) is 34.6 Å². The van der Waals surface area contributed by atoms with Gasteiger partial charge in [-0.3, -0.25) is 9.80 Å². The van der Waals surface area contributed by atoms with Gasteiger partial charge in [0.15, 0.2) is 0 Å². The van der Waals surface area contributed by atoms with Crippen molar-refractivity contribution in [2.75, 3.05) is 26.2 Å². The van der Waals surface area contributed by atoms with Gasteiger partial charge in [-0.1, -0.05) is 0 Å². The minimum atomic E-state index is -0.0751. The Morgan fingerprint density at radius 1 is 1.33 bits per heavy atom. The van der Waals surface area contributed by atoms with Gasteiger partial charge in [-0.15, -0.1) is 0 Å². The molecule has 3 heteroatoms. The van der Waals surface area contributed by atoms with Gasteiger partial charge in [0.05, 0.1) is 0 Å². The second-order valence-electron chi connectivity index (χ2n) is 5.90. The lowest BCUT2D eigenvalue weighted by Crippen LogP contribution is -2.58. The smallest absolute Gasteiger partial charge is 0.0226 e. The van der Waals surface area contributed by atoms with E-state index in [9.17, 15) is 0 Å². The Morgan fingerprint density at radius 2 is 1.93 bits per heavy atom. The highest BCUT2D eigenvalue weighted by molar-refractivity contribution is 4.86. The van der Waals surface area contributed by atoms with E-state index in [0.29, 0.717) is 12.1 Å². The van der Waals surface area contributed by atoms with Crippen molar-refractivity contribution < 1.29 is 0 Å². The fourth-order valence-corrected chi connectivity index (χ4v) is 2.25. The van der Waals surface area contributed by atoms with Crippen molar-refractivity contribution in [3.63, 3.8) is 0 Å². The molecular weight excluding hydrogens is 186 g/mol. The number of hydrogen-bond acceptors (Lipinski definition) is 3. The van der Waals surface area contributed by atoms with Crippen molar-refractivity contribution in [2.45, 2.75) is 52.2 Å². The van der Waals surface area contributed by atoms with Crippen LogP contribution in [0.2, 0.25) is 0 Å². The number of nitrogens with zero attached hydrogens (tertiary/aromatic N) is 2. The molecule has 0 saturated carbocycles. The number of hydrogen-bond donors (Lipinski definition) is 1. The Hall–Kier alpha value is -0.120. The Bertz CT molecular complexity index is 196. The van der Waals surface area contributed by atoms with Crippen LogP contribution in [0.15, 0.2) is 0 Å². The zero-order valence-corrected chi connectivity index (χ0v) is 11.0. The largest absolute Gasteiger partial charge is 0.324 e. The quantitative estimate of drug-likeness (QED) is 0.763. The molecule has 0 aliphatic carbocycles. The summed E-state index contributed by atoms with van der Waals surface area (Å²) in [5, 5.41) is 0. The highest BCUT2D eigenvalue weighted by atomic mass is 15.3. The van der Waals surface area contributed by atoms with Crippen molar-refractivity contribution in [2.24, 2.45) is 5.73 Å². The van der Waals surface area contributed by atoms with Gasteiger partial charge in [-0.25, -0.2) is 0 Å². The summed E-state index contributed by atoms with van der Waals surface area (Å²) in [5.74, 6) is 0. The fraction of sp³-hybridized carbons (Fsp3) is 1.00. The van der Waals surface area contributed by atoms with Crippen LogP contribution in [0, 0.1) is 0 Å². The van der Waals surface area contributed by atoms with E-state index in [-0.39, 0.29) is 5.54 Å². The summed E-state index contributed by atoms with van der Waals surface area (Å²) >= 11 is 0. The van der Waals surface area contributed by atoms with Crippen molar-refractivity contribution in [1.29, 1.82) is 0 Å². The molecule has 1 rings (SSSR count). The molecule has 2 N–H and O–H groups in total. The van der Waals surface area contributed by atoms with Crippen molar-refractivity contribution in [1.82, 2.24) is 9.80 Å². The molecule has 1 heterocycles. The maximum absolute atomic E-state index is 6.07. The fourth-order valence-electron chi connectivity index (χ4n) is 2.25. The third-order valence-electron chi connectivity index (χ3n) is 3.14. The Labute approximate surface area is 94.6 Å². The lowest BCUT2D eigenvalue weighted by atomic mass is 10.0. The third-order valence-corrected chi connectivity index (χ3v) is 3.14. The molecule has 0 spiro atoms. The first-order valence-corrected chi connectivity index (χ1v) is 6.06. The van der Waals surface area contributed by atoms with Crippen LogP contribution in [0.5, 0.6) is 0 Å². The van der Waals surface area contributed by atoms with Crippen LogP contribution < -0.4 is 5.73 Å². The molecule has 1 fully saturated rings. The average molecular weight is 213 g/mol. The Kier molecular flexibility index (Phi) is 4.15. The standard InChI is InChI=1S/C12H27N3/c1-10(2)14-6-7-15(11(3)8-14)9-12(4,5)13/h10-11H,6-9,13H2,1-5H3. The van der Waals surface area contributed by atoms with Crippen LogP contribution in [-0.2, 0) is 0 Å². The van der Waals surface area contributed by atoms with Crippen LogP contribution >= 0.6 is 0 Å². The van der Waals surface area contributed by atoms with Crippen LogP contribution in [-0.4, -0.2) is 53.6 Å².